The highest BCUT2D eigenvalue weighted by Crippen LogP contribution is 2.41. The number of hydrogen-bond donors (Lipinski definition) is 0. The van der Waals surface area contributed by atoms with Crippen LogP contribution in [0.3, 0.4) is 0 Å². The minimum absolute atomic E-state index is 0.0812. The molecule has 1 atom stereocenters. The molecule has 7 heteroatoms. The van der Waals surface area contributed by atoms with Gasteiger partial charge in [0.2, 0.25) is 0 Å². The maximum atomic E-state index is 12.8. The number of anilines is 1. The second kappa shape index (κ2) is 4.91. The maximum absolute atomic E-state index is 12.8. The number of halogens is 2. The van der Waals surface area contributed by atoms with Gasteiger partial charge in [0, 0.05) is 6.04 Å². The molecule has 0 fully saturated rings. The number of sulfonamides is 1. The van der Waals surface area contributed by atoms with Gasteiger partial charge in [-0.25, -0.2) is 8.42 Å². The van der Waals surface area contributed by atoms with E-state index in [2.05, 4.69) is 0 Å². The quantitative estimate of drug-likeness (QED) is 0.816. The van der Waals surface area contributed by atoms with Crippen LogP contribution in [0.2, 0.25) is 8.67 Å². The molecule has 1 aliphatic heterocycles. The summed E-state index contributed by atoms with van der Waals surface area (Å²) in [4.78, 5) is 0.0812. The van der Waals surface area contributed by atoms with Gasteiger partial charge in [-0.1, -0.05) is 41.4 Å². The first kappa shape index (κ1) is 14.2. The second-order valence-corrected chi connectivity index (χ2v) is 8.74. The number of thiophene rings is 1. The van der Waals surface area contributed by atoms with Crippen molar-refractivity contribution in [2.45, 2.75) is 24.3 Å². The molecule has 0 saturated heterocycles. The van der Waals surface area contributed by atoms with Crippen molar-refractivity contribution in [3.05, 3.63) is 44.6 Å². The Bertz CT molecular complexity index is 770. The minimum Gasteiger partial charge on any atom is -0.263 e. The van der Waals surface area contributed by atoms with Crippen LogP contribution in [0.1, 0.15) is 12.5 Å². The highest BCUT2D eigenvalue weighted by atomic mass is 35.5. The third-order valence-corrected chi connectivity index (χ3v) is 6.99. The van der Waals surface area contributed by atoms with Crippen LogP contribution >= 0.6 is 34.5 Å². The first-order valence-corrected chi connectivity index (χ1v) is 8.99. The standard InChI is InChI=1S/C13H11Cl2NO2S2/c1-8-6-9-4-2-3-5-10(9)16(8)20(17,18)11-7-12(14)19-13(11)15/h2-5,7-8H,6H2,1H3. The van der Waals surface area contributed by atoms with Crippen LogP contribution in [0.25, 0.3) is 0 Å². The van der Waals surface area contributed by atoms with Crippen LogP contribution in [0.4, 0.5) is 5.69 Å². The Balaban J connectivity index is 2.15. The van der Waals surface area contributed by atoms with E-state index in [1.165, 1.54) is 10.4 Å². The molecule has 1 aromatic carbocycles. The van der Waals surface area contributed by atoms with E-state index >= 15 is 0 Å². The highest BCUT2D eigenvalue weighted by Gasteiger charge is 2.37. The number of fused-ring (bicyclic) bond motifs is 1. The van der Waals surface area contributed by atoms with Gasteiger partial charge >= 0.3 is 0 Å². The lowest BCUT2D eigenvalue weighted by atomic mass is 10.1. The Labute approximate surface area is 131 Å². The molecule has 1 aliphatic rings. The largest absolute Gasteiger partial charge is 0.266 e. The van der Waals surface area contributed by atoms with Crippen LogP contribution in [0, 0.1) is 0 Å². The normalized spacial score (nSPS) is 18.4. The van der Waals surface area contributed by atoms with Crippen molar-refractivity contribution in [1.29, 1.82) is 0 Å². The van der Waals surface area contributed by atoms with E-state index in [1.54, 1.807) is 0 Å². The Hall–Kier alpha value is -0.750. The van der Waals surface area contributed by atoms with Crippen LogP contribution < -0.4 is 4.31 Å². The first-order valence-electron chi connectivity index (χ1n) is 5.98. The molecule has 106 valence electrons. The zero-order valence-electron chi connectivity index (χ0n) is 10.5. The van der Waals surface area contributed by atoms with E-state index in [9.17, 15) is 8.42 Å². The average Bonchev–Trinajstić information content (AvgIpc) is 2.88. The van der Waals surface area contributed by atoms with E-state index in [0.29, 0.717) is 10.8 Å². The van der Waals surface area contributed by atoms with Gasteiger partial charge in [0.05, 0.1) is 10.0 Å². The molecule has 0 saturated carbocycles. The van der Waals surface area contributed by atoms with Crippen molar-refractivity contribution in [1.82, 2.24) is 0 Å². The monoisotopic (exact) mass is 347 g/mol. The third kappa shape index (κ3) is 2.13. The van der Waals surface area contributed by atoms with E-state index in [0.717, 1.165) is 22.6 Å². The fourth-order valence-electron chi connectivity index (χ4n) is 2.51. The van der Waals surface area contributed by atoms with Crippen molar-refractivity contribution < 1.29 is 8.42 Å². The van der Waals surface area contributed by atoms with E-state index in [1.807, 2.05) is 31.2 Å². The van der Waals surface area contributed by atoms with Gasteiger partial charge in [0.15, 0.2) is 0 Å². The molecule has 0 spiro atoms. The fourth-order valence-corrected chi connectivity index (χ4v) is 6.32. The maximum Gasteiger partial charge on any atom is 0.266 e. The van der Waals surface area contributed by atoms with Gasteiger partial charge in [-0.3, -0.25) is 4.31 Å². The Morgan fingerprint density at radius 3 is 2.65 bits per heavy atom. The Kier molecular flexibility index (Phi) is 3.49. The molecular formula is C13H11Cl2NO2S2. The summed E-state index contributed by atoms with van der Waals surface area (Å²) >= 11 is 12.9. The summed E-state index contributed by atoms with van der Waals surface area (Å²) in [7, 11) is -3.68. The van der Waals surface area contributed by atoms with Gasteiger partial charge in [-0.05, 0) is 31.0 Å². The van der Waals surface area contributed by atoms with Gasteiger partial charge < -0.3 is 0 Å². The number of rotatable bonds is 2. The Morgan fingerprint density at radius 2 is 2.00 bits per heavy atom. The number of benzene rings is 1. The average molecular weight is 348 g/mol. The van der Waals surface area contributed by atoms with Crippen molar-refractivity contribution in [2.24, 2.45) is 0 Å². The Morgan fingerprint density at radius 1 is 1.30 bits per heavy atom. The predicted octanol–water partition coefficient (Wildman–Crippen LogP) is 4.19. The molecule has 0 bridgehead atoms. The number of hydrogen-bond acceptors (Lipinski definition) is 3. The molecule has 20 heavy (non-hydrogen) atoms. The van der Waals surface area contributed by atoms with E-state index < -0.39 is 10.0 Å². The lowest BCUT2D eigenvalue weighted by Gasteiger charge is -2.24. The molecule has 0 radical (unpaired) electrons. The summed E-state index contributed by atoms with van der Waals surface area (Å²) in [5.74, 6) is 0. The summed E-state index contributed by atoms with van der Waals surface area (Å²) in [5, 5.41) is 0. The molecule has 1 aromatic heterocycles. The predicted molar refractivity (Wildman–Crippen MR) is 83.6 cm³/mol. The van der Waals surface area contributed by atoms with Crippen molar-refractivity contribution in [3.8, 4) is 0 Å². The summed E-state index contributed by atoms with van der Waals surface area (Å²) in [5.41, 5.74) is 1.75. The van der Waals surface area contributed by atoms with Crippen LogP contribution in [0.5, 0.6) is 0 Å². The first-order chi connectivity index (χ1) is 9.41. The summed E-state index contributed by atoms with van der Waals surface area (Å²) < 4.78 is 27.7. The van der Waals surface area contributed by atoms with Gasteiger partial charge in [0.25, 0.3) is 10.0 Å². The van der Waals surface area contributed by atoms with Crippen LogP contribution in [-0.2, 0) is 16.4 Å². The van der Waals surface area contributed by atoms with Gasteiger partial charge in [0.1, 0.15) is 9.23 Å². The molecule has 3 rings (SSSR count). The lowest BCUT2D eigenvalue weighted by molar-refractivity contribution is 0.584. The fraction of sp³-hybridized carbons (Fsp3) is 0.231. The molecule has 0 aliphatic carbocycles. The van der Waals surface area contributed by atoms with E-state index in [-0.39, 0.29) is 15.3 Å². The highest BCUT2D eigenvalue weighted by molar-refractivity contribution is 7.93. The van der Waals surface area contributed by atoms with Gasteiger partial charge in [-0.2, -0.15) is 0 Å². The molecule has 2 heterocycles. The number of para-hydroxylation sites is 1. The summed E-state index contributed by atoms with van der Waals surface area (Å²) in [6.45, 7) is 1.89. The van der Waals surface area contributed by atoms with Crippen molar-refractivity contribution in [2.75, 3.05) is 4.31 Å². The summed E-state index contributed by atoms with van der Waals surface area (Å²) in [6.07, 6.45) is 0.699. The second-order valence-electron chi connectivity index (χ2n) is 4.67. The van der Waals surface area contributed by atoms with Gasteiger partial charge in [-0.15, -0.1) is 11.3 Å². The van der Waals surface area contributed by atoms with E-state index in [4.69, 9.17) is 23.2 Å². The molecule has 0 amide bonds. The summed E-state index contributed by atoms with van der Waals surface area (Å²) in [6, 6.07) is 8.80. The van der Waals surface area contributed by atoms with Crippen LogP contribution in [-0.4, -0.2) is 14.5 Å². The third-order valence-electron chi connectivity index (χ3n) is 3.31. The molecule has 3 nitrogen and oxygen atoms in total. The molecule has 0 N–H and O–H groups in total. The van der Waals surface area contributed by atoms with Crippen molar-refractivity contribution >= 4 is 50.2 Å². The molecule has 2 aromatic rings. The molecular weight excluding hydrogens is 337 g/mol. The lowest BCUT2D eigenvalue weighted by Crippen LogP contribution is -2.35. The zero-order valence-corrected chi connectivity index (χ0v) is 13.7. The van der Waals surface area contributed by atoms with Crippen molar-refractivity contribution in [3.63, 3.8) is 0 Å². The zero-order chi connectivity index (χ0) is 14.5. The number of nitrogens with zero attached hydrogens (tertiary/aromatic N) is 1. The smallest absolute Gasteiger partial charge is 0.263 e. The minimum atomic E-state index is -3.68. The topological polar surface area (TPSA) is 37.4 Å². The SMILES string of the molecule is CC1Cc2ccccc2N1S(=O)(=O)c1cc(Cl)sc1Cl. The molecule has 1 unspecified atom stereocenters. The van der Waals surface area contributed by atoms with Crippen LogP contribution in [0.15, 0.2) is 35.2 Å².